The number of rotatable bonds is 5. The number of phenols is 1. The molecule has 0 saturated heterocycles. The number of hydrogen-bond donors (Lipinski definition) is 2. The number of benzene rings is 2. The van der Waals surface area contributed by atoms with Gasteiger partial charge in [0.05, 0.1) is 0 Å². The lowest BCUT2D eigenvalue weighted by molar-refractivity contribution is 0.475. The van der Waals surface area contributed by atoms with E-state index in [9.17, 15) is 5.11 Å². The van der Waals surface area contributed by atoms with E-state index < -0.39 is 0 Å². The van der Waals surface area contributed by atoms with Crippen LogP contribution in [0.2, 0.25) is 0 Å². The zero-order valence-electron chi connectivity index (χ0n) is 11.6. The topological polar surface area (TPSA) is 32.3 Å². The van der Waals surface area contributed by atoms with Gasteiger partial charge in [0.2, 0.25) is 0 Å². The monoisotopic (exact) mass is 295 g/mol. The van der Waals surface area contributed by atoms with Crippen LogP contribution in [-0.2, 0) is 13.1 Å². The lowest BCUT2D eigenvalue weighted by Crippen LogP contribution is -2.11. The van der Waals surface area contributed by atoms with Crippen LogP contribution in [0.25, 0.3) is 11.1 Å². The molecule has 0 bridgehead atoms. The van der Waals surface area contributed by atoms with E-state index in [0.29, 0.717) is 5.75 Å². The van der Waals surface area contributed by atoms with Gasteiger partial charge in [-0.3, -0.25) is 0 Å². The maximum atomic E-state index is 9.25. The molecule has 0 fully saturated rings. The van der Waals surface area contributed by atoms with Crippen molar-refractivity contribution in [3.63, 3.8) is 0 Å². The smallest absolute Gasteiger partial charge is 0.115 e. The fraction of sp³-hybridized carbons (Fsp3) is 0.111. The first kappa shape index (κ1) is 13.9. The second kappa shape index (κ2) is 6.57. The molecule has 3 rings (SSSR count). The highest BCUT2D eigenvalue weighted by Crippen LogP contribution is 2.25. The Kier molecular flexibility index (Phi) is 4.34. The molecule has 0 atom stereocenters. The molecule has 21 heavy (non-hydrogen) atoms. The zero-order valence-corrected chi connectivity index (χ0v) is 12.4. The quantitative estimate of drug-likeness (QED) is 0.730. The van der Waals surface area contributed by atoms with Crippen LogP contribution < -0.4 is 5.32 Å². The predicted octanol–water partition coefficient (Wildman–Crippen LogP) is 4.41. The van der Waals surface area contributed by atoms with Crippen molar-refractivity contribution in [1.29, 1.82) is 0 Å². The summed E-state index contributed by atoms with van der Waals surface area (Å²) in [5, 5.41) is 14.9. The van der Waals surface area contributed by atoms with Gasteiger partial charge in [0.1, 0.15) is 5.75 Å². The molecule has 3 heteroatoms. The van der Waals surface area contributed by atoms with Gasteiger partial charge in [-0.15, -0.1) is 11.3 Å². The Balaban J connectivity index is 1.57. The van der Waals surface area contributed by atoms with E-state index in [2.05, 4.69) is 41.0 Å². The summed E-state index contributed by atoms with van der Waals surface area (Å²) in [6.45, 7) is 1.66. The van der Waals surface area contributed by atoms with Crippen LogP contribution in [0.1, 0.15) is 10.4 Å². The van der Waals surface area contributed by atoms with Crippen molar-refractivity contribution >= 4 is 11.3 Å². The molecule has 1 aromatic heterocycles. The Hall–Kier alpha value is -2.10. The van der Waals surface area contributed by atoms with E-state index in [1.165, 1.54) is 21.6 Å². The molecule has 0 spiro atoms. The highest BCUT2D eigenvalue weighted by Gasteiger charge is 2.02. The SMILES string of the molecule is Oc1ccc(CNCc2cc(-c3ccccc3)cs2)cc1. The third kappa shape index (κ3) is 3.72. The average Bonchev–Trinajstić information content (AvgIpc) is 2.99. The van der Waals surface area contributed by atoms with Crippen LogP contribution in [0, 0.1) is 0 Å². The fourth-order valence-electron chi connectivity index (χ4n) is 2.20. The minimum atomic E-state index is 0.310. The Morgan fingerprint density at radius 1 is 0.857 bits per heavy atom. The Bertz CT molecular complexity index is 689. The van der Waals surface area contributed by atoms with E-state index in [1.54, 1.807) is 23.5 Å². The van der Waals surface area contributed by atoms with Crippen LogP contribution in [-0.4, -0.2) is 5.11 Å². The van der Waals surface area contributed by atoms with Crippen LogP contribution in [0.15, 0.2) is 66.0 Å². The van der Waals surface area contributed by atoms with Gasteiger partial charge >= 0.3 is 0 Å². The van der Waals surface area contributed by atoms with Crippen molar-refractivity contribution in [3.05, 3.63) is 76.5 Å². The summed E-state index contributed by atoms with van der Waals surface area (Å²) in [5.41, 5.74) is 3.72. The van der Waals surface area contributed by atoms with Crippen LogP contribution in [0.5, 0.6) is 5.75 Å². The van der Waals surface area contributed by atoms with Gasteiger partial charge in [-0.2, -0.15) is 0 Å². The molecule has 1 heterocycles. The Labute approximate surface area is 128 Å². The summed E-state index contributed by atoms with van der Waals surface area (Å²) in [4.78, 5) is 1.33. The van der Waals surface area contributed by atoms with Gasteiger partial charge in [-0.1, -0.05) is 42.5 Å². The molecule has 0 aliphatic carbocycles. The zero-order chi connectivity index (χ0) is 14.5. The van der Waals surface area contributed by atoms with Gasteiger partial charge in [0, 0.05) is 18.0 Å². The molecule has 0 aliphatic rings. The number of phenolic OH excluding ortho intramolecular Hbond substituents is 1. The van der Waals surface area contributed by atoms with E-state index in [-0.39, 0.29) is 0 Å². The van der Waals surface area contributed by atoms with Crippen molar-refractivity contribution in [2.75, 3.05) is 0 Å². The molecule has 0 amide bonds. The van der Waals surface area contributed by atoms with Gasteiger partial charge < -0.3 is 10.4 Å². The number of hydrogen-bond acceptors (Lipinski definition) is 3. The van der Waals surface area contributed by atoms with Crippen molar-refractivity contribution in [3.8, 4) is 16.9 Å². The molecule has 0 aliphatic heterocycles. The number of aromatic hydroxyl groups is 1. The van der Waals surface area contributed by atoms with Gasteiger partial charge in [-0.05, 0) is 40.3 Å². The third-order valence-electron chi connectivity index (χ3n) is 3.33. The van der Waals surface area contributed by atoms with Crippen molar-refractivity contribution in [2.24, 2.45) is 0 Å². The molecule has 3 aromatic rings. The molecule has 106 valence electrons. The molecular formula is C18H17NOS. The molecule has 2 N–H and O–H groups in total. The highest BCUT2D eigenvalue weighted by atomic mass is 32.1. The second-order valence-corrected chi connectivity index (χ2v) is 5.93. The number of nitrogens with one attached hydrogen (secondary N) is 1. The lowest BCUT2D eigenvalue weighted by atomic mass is 10.1. The molecule has 0 saturated carbocycles. The highest BCUT2D eigenvalue weighted by molar-refractivity contribution is 7.10. The summed E-state index contributed by atoms with van der Waals surface area (Å²) in [7, 11) is 0. The van der Waals surface area contributed by atoms with Gasteiger partial charge in [0.15, 0.2) is 0 Å². The normalized spacial score (nSPS) is 10.7. The summed E-state index contributed by atoms with van der Waals surface area (Å²) < 4.78 is 0. The van der Waals surface area contributed by atoms with Crippen molar-refractivity contribution in [1.82, 2.24) is 5.32 Å². The first-order chi connectivity index (χ1) is 10.3. The average molecular weight is 295 g/mol. The van der Waals surface area contributed by atoms with E-state index in [1.807, 2.05) is 18.2 Å². The molecule has 0 unspecified atom stereocenters. The maximum Gasteiger partial charge on any atom is 0.115 e. The third-order valence-corrected chi connectivity index (χ3v) is 4.26. The maximum absolute atomic E-state index is 9.25. The van der Waals surface area contributed by atoms with Gasteiger partial charge in [-0.25, -0.2) is 0 Å². The Morgan fingerprint density at radius 3 is 2.38 bits per heavy atom. The first-order valence-electron chi connectivity index (χ1n) is 6.93. The second-order valence-electron chi connectivity index (χ2n) is 4.94. The lowest BCUT2D eigenvalue weighted by Gasteiger charge is -2.03. The minimum absolute atomic E-state index is 0.310. The van der Waals surface area contributed by atoms with Crippen LogP contribution >= 0.6 is 11.3 Å². The van der Waals surface area contributed by atoms with Crippen molar-refractivity contribution in [2.45, 2.75) is 13.1 Å². The summed E-state index contributed by atoms with van der Waals surface area (Å²) in [6.07, 6.45) is 0. The fourth-order valence-corrected chi connectivity index (χ4v) is 3.06. The van der Waals surface area contributed by atoms with E-state index >= 15 is 0 Å². The molecule has 0 radical (unpaired) electrons. The Morgan fingerprint density at radius 2 is 1.62 bits per heavy atom. The molecule has 2 aromatic carbocycles. The van der Waals surface area contributed by atoms with E-state index in [0.717, 1.165) is 13.1 Å². The first-order valence-corrected chi connectivity index (χ1v) is 7.81. The van der Waals surface area contributed by atoms with Crippen molar-refractivity contribution < 1.29 is 5.11 Å². The van der Waals surface area contributed by atoms with E-state index in [4.69, 9.17) is 0 Å². The minimum Gasteiger partial charge on any atom is -0.508 e. The largest absolute Gasteiger partial charge is 0.508 e. The van der Waals surface area contributed by atoms with Crippen LogP contribution in [0.3, 0.4) is 0 Å². The predicted molar refractivity (Wildman–Crippen MR) is 88.4 cm³/mol. The summed E-state index contributed by atoms with van der Waals surface area (Å²) in [6, 6.07) is 20.0. The summed E-state index contributed by atoms with van der Waals surface area (Å²) in [5.74, 6) is 0.310. The standard InChI is InChI=1S/C18H17NOS/c20-17-8-6-14(7-9-17)11-19-12-18-10-16(13-21-18)15-4-2-1-3-5-15/h1-10,13,19-20H,11-12H2. The van der Waals surface area contributed by atoms with Crippen LogP contribution in [0.4, 0.5) is 0 Å². The molecule has 2 nitrogen and oxygen atoms in total. The summed E-state index contributed by atoms with van der Waals surface area (Å²) >= 11 is 1.78. The number of thiophene rings is 1. The van der Waals surface area contributed by atoms with Gasteiger partial charge in [0.25, 0.3) is 0 Å². The molecular weight excluding hydrogens is 278 g/mol.